The Labute approximate surface area is 136 Å². The summed E-state index contributed by atoms with van der Waals surface area (Å²) in [5.41, 5.74) is 1.00. The highest BCUT2D eigenvalue weighted by Crippen LogP contribution is 2.32. The fourth-order valence-corrected chi connectivity index (χ4v) is 3.59. The Morgan fingerprint density at radius 2 is 2.27 bits per heavy atom. The molecule has 1 aromatic rings. The van der Waals surface area contributed by atoms with Crippen molar-refractivity contribution in [2.45, 2.75) is 32.2 Å². The number of likely N-dealkylation sites (tertiary alicyclic amines) is 1. The first-order valence-corrected chi connectivity index (χ1v) is 8.29. The lowest BCUT2D eigenvalue weighted by Crippen LogP contribution is -2.50. The van der Waals surface area contributed by atoms with E-state index in [0.29, 0.717) is 24.6 Å². The number of aliphatic hydroxyl groups excluding tert-OH is 1. The zero-order chi connectivity index (χ0) is 15.7. The molecule has 4 nitrogen and oxygen atoms in total. The summed E-state index contributed by atoms with van der Waals surface area (Å²) in [6.07, 6.45) is 2.61. The highest BCUT2D eigenvalue weighted by molar-refractivity contribution is 6.30. The van der Waals surface area contributed by atoms with Crippen molar-refractivity contribution < 1.29 is 14.6 Å². The van der Waals surface area contributed by atoms with E-state index < -0.39 is 0 Å². The van der Waals surface area contributed by atoms with Crippen molar-refractivity contribution in [3.05, 3.63) is 28.8 Å². The standard InChI is InChI=1S/C17H22ClNO3/c1-11-2-3-12(9-20)8-19(11)17(21)14-6-13-7-15(18)4-5-16(13)22-10-14/h4-5,7,11-12,14,20H,2-3,6,8-10H2,1H3. The minimum Gasteiger partial charge on any atom is -0.492 e. The van der Waals surface area contributed by atoms with Crippen LogP contribution in [0.25, 0.3) is 0 Å². The average molecular weight is 324 g/mol. The van der Waals surface area contributed by atoms with Crippen molar-refractivity contribution in [3.8, 4) is 5.75 Å². The van der Waals surface area contributed by atoms with Crippen LogP contribution in [0.15, 0.2) is 18.2 Å². The van der Waals surface area contributed by atoms with Gasteiger partial charge >= 0.3 is 0 Å². The van der Waals surface area contributed by atoms with Gasteiger partial charge in [0.1, 0.15) is 12.4 Å². The molecule has 3 atom stereocenters. The van der Waals surface area contributed by atoms with Gasteiger partial charge in [-0.3, -0.25) is 4.79 Å². The number of benzene rings is 1. The molecule has 3 unspecified atom stereocenters. The van der Waals surface area contributed by atoms with Crippen LogP contribution in [0.3, 0.4) is 0 Å². The van der Waals surface area contributed by atoms with Gasteiger partial charge in [-0.05, 0) is 55.9 Å². The molecular weight excluding hydrogens is 302 g/mol. The molecule has 2 aliphatic rings. The number of ether oxygens (including phenoxy) is 1. The molecule has 0 saturated carbocycles. The molecule has 1 aromatic carbocycles. The molecule has 2 heterocycles. The zero-order valence-electron chi connectivity index (χ0n) is 12.8. The third-order valence-electron chi connectivity index (χ3n) is 4.80. The van der Waals surface area contributed by atoms with Crippen LogP contribution in [-0.2, 0) is 11.2 Å². The van der Waals surface area contributed by atoms with Gasteiger partial charge in [0, 0.05) is 24.2 Å². The predicted octanol–water partition coefficient (Wildman–Crippen LogP) is 2.51. The van der Waals surface area contributed by atoms with E-state index in [-0.39, 0.29) is 30.4 Å². The number of halogens is 1. The van der Waals surface area contributed by atoms with E-state index in [4.69, 9.17) is 16.3 Å². The van der Waals surface area contributed by atoms with Crippen LogP contribution in [0.4, 0.5) is 0 Å². The first-order chi connectivity index (χ1) is 10.6. The summed E-state index contributed by atoms with van der Waals surface area (Å²) >= 11 is 6.04. The van der Waals surface area contributed by atoms with Crippen LogP contribution in [0.1, 0.15) is 25.3 Å². The second-order valence-corrected chi connectivity index (χ2v) is 6.87. The van der Waals surface area contributed by atoms with Crippen LogP contribution in [0, 0.1) is 11.8 Å². The molecule has 0 bridgehead atoms. The van der Waals surface area contributed by atoms with Crippen LogP contribution < -0.4 is 4.74 Å². The topological polar surface area (TPSA) is 49.8 Å². The molecule has 0 aliphatic carbocycles. The lowest BCUT2D eigenvalue weighted by molar-refractivity contribution is -0.141. The number of hydrogen-bond donors (Lipinski definition) is 1. The Balaban J connectivity index is 1.73. The van der Waals surface area contributed by atoms with E-state index in [1.54, 1.807) is 6.07 Å². The number of rotatable bonds is 2. The molecule has 0 aromatic heterocycles. The van der Waals surface area contributed by atoms with Crippen molar-refractivity contribution in [3.63, 3.8) is 0 Å². The quantitative estimate of drug-likeness (QED) is 0.910. The van der Waals surface area contributed by atoms with Crippen LogP contribution in [0.2, 0.25) is 5.02 Å². The summed E-state index contributed by atoms with van der Waals surface area (Å²) in [7, 11) is 0. The van der Waals surface area contributed by atoms with Crippen LogP contribution >= 0.6 is 11.6 Å². The number of amides is 1. The Hall–Kier alpha value is -1.26. The van der Waals surface area contributed by atoms with Gasteiger partial charge in [-0.15, -0.1) is 0 Å². The second kappa shape index (κ2) is 6.47. The normalized spacial score (nSPS) is 28.0. The molecule has 3 rings (SSSR count). The fraction of sp³-hybridized carbons (Fsp3) is 0.588. The van der Waals surface area contributed by atoms with Crippen molar-refractivity contribution in [2.75, 3.05) is 19.8 Å². The Morgan fingerprint density at radius 3 is 3.05 bits per heavy atom. The number of piperidine rings is 1. The van der Waals surface area contributed by atoms with Crippen molar-refractivity contribution in [1.29, 1.82) is 0 Å². The highest BCUT2D eigenvalue weighted by atomic mass is 35.5. The van der Waals surface area contributed by atoms with Gasteiger partial charge < -0.3 is 14.7 Å². The summed E-state index contributed by atoms with van der Waals surface area (Å²) in [6.45, 7) is 3.30. The van der Waals surface area contributed by atoms with Crippen molar-refractivity contribution in [1.82, 2.24) is 4.90 Å². The average Bonchev–Trinajstić information content (AvgIpc) is 2.54. The largest absolute Gasteiger partial charge is 0.492 e. The minimum atomic E-state index is -0.161. The van der Waals surface area contributed by atoms with Crippen LogP contribution in [0.5, 0.6) is 5.75 Å². The third kappa shape index (κ3) is 3.08. The van der Waals surface area contributed by atoms with E-state index in [9.17, 15) is 9.90 Å². The second-order valence-electron chi connectivity index (χ2n) is 6.43. The summed E-state index contributed by atoms with van der Waals surface area (Å²) in [4.78, 5) is 14.8. The van der Waals surface area contributed by atoms with Crippen molar-refractivity contribution in [2.24, 2.45) is 11.8 Å². The number of fused-ring (bicyclic) bond motifs is 1. The van der Waals surface area contributed by atoms with Crippen molar-refractivity contribution >= 4 is 17.5 Å². The molecule has 1 amide bonds. The highest BCUT2D eigenvalue weighted by Gasteiger charge is 2.35. The molecule has 22 heavy (non-hydrogen) atoms. The van der Waals surface area contributed by atoms with E-state index >= 15 is 0 Å². The third-order valence-corrected chi connectivity index (χ3v) is 5.03. The van der Waals surface area contributed by atoms with Gasteiger partial charge in [-0.2, -0.15) is 0 Å². The maximum atomic E-state index is 12.9. The summed E-state index contributed by atoms with van der Waals surface area (Å²) in [5.74, 6) is 1.00. The van der Waals surface area contributed by atoms with Gasteiger partial charge in [-0.1, -0.05) is 11.6 Å². The van der Waals surface area contributed by atoms with E-state index in [1.807, 2.05) is 17.0 Å². The molecule has 1 N–H and O–H groups in total. The molecule has 0 spiro atoms. The molecule has 120 valence electrons. The van der Waals surface area contributed by atoms with Gasteiger partial charge in [0.05, 0.1) is 5.92 Å². The van der Waals surface area contributed by atoms with E-state index in [0.717, 1.165) is 24.2 Å². The van der Waals surface area contributed by atoms with Gasteiger partial charge in [0.2, 0.25) is 5.91 Å². The number of carbonyl (C=O) groups is 1. The number of aliphatic hydroxyl groups is 1. The monoisotopic (exact) mass is 323 g/mol. The molecule has 0 radical (unpaired) electrons. The molecule has 1 fully saturated rings. The van der Waals surface area contributed by atoms with Gasteiger partial charge in [0.25, 0.3) is 0 Å². The molecule has 1 saturated heterocycles. The maximum Gasteiger partial charge on any atom is 0.229 e. The SMILES string of the molecule is CC1CCC(CO)CN1C(=O)C1COc2ccc(Cl)cc2C1. The van der Waals surface area contributed by atoms with Gasteiger partial charge in [0.15, 0.2) is 0 Å². The van der Waals surface area contributed by atoms with Crippen LogP contribution in [-0.4, -0.2) is 41.7 Å². The lowest BCUT2D eigenvalue weighted by Gasteiger charge is -2.40. The summed E-state index contributed by atoms with van der Waals surface area (Å²) in [6, 6.07) is 5.79. The number of nitrogens with zero attached hydrogens (tertiary/aromatic N) is 1. The Kier molecular flexibility index (Phi) is 4.59. The van der Waals surface area contributed by atoms with E-state index in [2.05, 4.69) is 6.92 Å². The number of hydrogen-bond acceptors (Lipinski definition) is 3. The number of carbonyl (C=O) groups excluding carboxylic acids is 1. The van der Waals surface area contributed by atoms with E-state index in [1.165, 1.54) is 0 Å². The Morgan fingerprint density at radius 1 is 1.45 bits per heavy atom. The molecule has 2 aliphatic heterocycles. The zero-order valence-corrected chi connectivity index (χ0v) is 13.6. The van der Waals surface area contributed by atoms with Gasteiger partial charge in [-0.25, -0.2) is 0 Å². The first-order valence-electron chi connectivity index (χ1n) is 7.91. The molecule has 5 heteroatoms. The first kappa shape index (κ1) is 15.6. The summed E-state index contributed by atoms with van der Waals surface area (Å²) in [5, 5.41) is 10.0. The summed E-state index contributed by atoms with van der Waals surface area (Å²) < 4.78 is 5.74. The minimum absolute atomic E-state index is 0.135. The maximum absolute atomic E-state index is 12.9. The predicted molar refractivity (Wildman–Crippen MR) is 85.1 cm³/mol. The Bertz CT molecular complexity index is 563. The lowest BCUT2D eigenvalue weighted by atomic mass is 9.90. The smallest absolute Gasteiger partial charge is 0.229 e. The fourth-order valence-electron chi connectivity index (χ4n) is 3.39. The molecular formula is C17H22ClNO3.